The van der Waals surface area contributed by atoms with Gasteiger partial charge in [-0.1, -0.05) is 78.1 Å². The zero-order chi connectivity index (χ0) is 10.2. The van der Waals surface area contributed by atoms with Crippen LogP contribution in [0.2, 0.25) is 0 Å². The first kappa shape index (κ1) is 12.1. The molecule has 0 heterocycles. The van der Waals surface area contributed by atoms with Crippen LogP contribution in [0.15, 0.2) is 0 Å². The van der Waals surface area contributed by atoms with Crippen LogP contribution in [0.25, 0.3) is 0 Å². The summed E-state index contributed by atoms with van der Waals surface area (Å²) in [7, 11) is 0. The Balaban J connectivity index is 2.10. The van der Waals surface area contributed by atoms with Crippen LogP contribution < -0.4 is 0 Å². The van der Waals surface area contributed by atoms with Gasteiger partial charge < -0.3 is 0 Å². The van der Waals surface area contributed by atoms with Crippen molar-refractivity contribution in [2.45, 2.75) is 78.1 Å². The van der Waals surface area contributed by atoms with E-state index in [1.165, 1.54) is 64.2 Å². The quantitative estimate of drug-likeness (QED) is 0.549. The van der Waals surface area contributed by atoms with Gasteiger partial charge in [0.25, 0.3) is 0 Å². The number of hydrogen-bond acceptors (Lipinski definition) is 0. The third-order valence-electron chi connectivity index (χ3n) is 3.98. The van der Waals surface area contributed by atoms with Crippen LogP contribution in [0, 0.1) is 11.8 Å². The van der Waals surface area contributed by atoms with Crippen molar-refractivity contribution in [2.75, 3.05) is 0 Å². The Labute approximate surface area is 90.5 Å². The van der Waals surface area contributed by atoms with Crippen molar-refractivity contribution in [3.05, 3.63) is 0 Å². The standard InChI is InChI=1S/C14H28/c1-3-8-13(4-2)11-12-14-9-6-5-7-10-14/h13-14H,3-12H2,1-2H3. The smallest absolute Gasteiger partial charge is 0.0414 e. The fourth-order valence-electron chi connectivity index (χ4n) is 2.91. The molecule has 0 N–H and O–H groups in total. The number of rotatable bonds is 6. The second-order valence-corrected chi connectivity index (χ2v) is 5.14. The summed E-state index contributed by atoms with van der Waals surface area (Å²) in [6.45, 7) is 4.68. The highest BCUT2D eigenvalue weighted by Crippen LogP contribution is 2.30. The monoisotopic (exact) mass is 196 g/mol. The summed E-state index contributed by atoms with van der Waals surface area (Å²) in [5.74, 6) is 2.12. The first-order chi connectivity index (χ1) is 6.86. The van der Waals surface area contributed by atoms with E-state index in [1.807, 2.05) is 0 Å². The lowest BCUT2D eigenvalue weighted by Gasteiger charge is -2.23. The summed E-state index contributed by atoms with van der Waals surface area (Å²) in [6, 6.07) is 0. The average molecular weight is 196 g/mol. The van der Waals surface area contributed by atoms with Gasteiger partial charge in [0.05, 0.1) is 0 Å². The molecule has 0 heteroatoms. The Kier molecular flexibility index (Phi) is 6.31. The summed E-state index contributed by atoms with van der Waals surface area (Å²) in [5.41, 5.74) is 0. The van der Waals surface area contributed by atoms with E-state index in [0.29, 0.717) is 0 Å². The minimum Gasteiger partial charge on any atom is -0.0654 e. The Morgan fingerprint density at radius 3 is 2.29 bits per heavy atom. The highest BCUT2D eigenvalue weighted by Gasteiger charge is 2.14. The molecule has 1 atom stereocenters. The van der Waals surface area contributed by atoms with Gasteiger partial charge in [0.2, 0.25) is 0 Å². The largest absolute Gasteiger partial charge is 0.0654 e. The van der Waals surface area contributed by atoms with Crippen molar-refractivity contribution < 1.29 is 0 Å². The summed E-state index contributed by atoms with van der Waals surface area (Å²) in [5, 5.41) is 0. The molecule has 0 aromatic rings. The molecule has 0 amide bonds. The predicted molar refractivity (Wildman–Crippen MR) is 64.5 cm³/mol. The molecule has 14 heavy (non-hydrogen) atoms. The second-order valence-electron chi connectivity index (χ2n) is 5.14. The van der Waals surface area contributed by atoms with Crippen molar-refractivity contribution in [3.8, 4) is 0 Å². The van der Waals surface area contributed by atoms with Gasteiger partial charge in [0, 0.05) is 0 Å². The first-order valence-corrected chi connectivity index (χ1v) is 6.86. The summed E-state index contributed by atoms with van der Waals surface area (Å²) in [4.78, 5) is 0. The minimum absolute atomic E-state index is 1.03. The van der Waals surface area contributed by atoms with Gasteiger partial charge in [0.1, 0.15) is 0 Å². The molecule has 1 aliphatic rings. The molecule has 0 nitrogen and oxygen atoms in total. The Hall–Kier alpha value is 0. The van der Waals surface area contributed by atoms with Gasteiger partial charge in [-0.15, -0.1) is 0 Å². The summed E-state index contributed by atoms with van der Waals surface area (Å²) in [6.07, 6.45) is 14.9. The molecule has 0 saturated heterocycles. The normalized spacial score (nSPS) is 21.0. The second kappa shape index (κ2) is 7.31. The molecule has 0 aromatic carbocycles. The summed E-state index contributed by atoms with van der Waals surface area (Å²) < 4.78 is 0. The topological polar surface area (TPSA) is 0 Å². The predicted octanol–water partition coefficient (Wildman–Crippen LogP) is 5.17. The maximum atomic E-state index is 2.36. The Bertz CT molecular complexity index is 117. The fraction of sp³-hybridized carbons (Fsp3) is 1.00. The average Bonchev–Trinajstić information content (AvgIpc) is 2.25. The Morgan fingerprint density at radius 1 is 1.00 bits per heavy atom. The van der Waals surface area contributed by atoms with E-state index in [4.69, 9.17) is 0 Å². The van der Waals surface area contributed by atoms with E-state index in [0.717, 1.165) is 11.8 Å². The van der Waals surface area contributed by atoms with Crippen LogP contribution >= 0.6 is 0 Å². The van der Waals surface area contributed by atoms with Crippen molar-refractivity contribution >= 4 is 0 Å². The van der Waals surface area contributed by atoms with Crippen LogP contribution in [0.1, 0.15) is 78.1 Å². The molecule has 1 unspecified atom stereocenters. The molecule has 1 rings (SSSR count). The number of hydrogen-bond donors (Lipinski definition) is 0. The van der Waals surface area contributed by atoms with Gasteiger partial charge in [-0.25, -0.2) is 0 Å². The Morgan fingerprint density at radius 2 is 1.71 bits per heavy atom. The van der Waals surface area contributed by atoms with Crippen molar-refractivity contribution in [3.63, 3.8) is 0 Å². The van der Waals surface area contributed by atoms with Crippen LogP contribution in [0.4, 0.5) is 0 Å². The van der Waals surface area contributed by atoms with E-state index in [1.54, 1.807) is 0 Å². The molecule has 1 fully saturated rings. The van der Waals surface area contributed by atoms with Crippen molar-refractivity contribution in [1.29, 1.82) is 0 Å². The SMILES string of the molecule is CCCC(CC)CCC1CCCCC1. The van der Waals surface area contributed by atoms with E-state index >= 15 is 0 Å². The molecule has 0 aliphatic heterocycles. The molecular formula is C14H28. The lowest BCUT2D eigenvalue weighted by molar-refractivity contribution is 0.298. The molecular weight excluding hydrogens is 168 g/mol. The third-order valence-corrected chi connectivity index (χ3v) is 3.98. The van der Waals surface area contributed by atoms with Gasteiger partial charge in [0.15, 0.2) is 0 Å². The van der Waals surface area contributed by atoms with Gasteiger partial charge in [-0.2, -0.15) is 0 Å². The lowest BCUT2D eigenvalue weighted by atomic mass is 9.83. The van der Waals surface area contributed by atoms with Gasteiger partial charge in [-0.05, 0) is 11.8 Å². The van der Waals surface area contributed by atoms with E-state index in [2.05, 4.69) is 13.8 Å². The third kappa shape index (κ3) is 4.48. The zero-order valence-electron chi connectivity index (χ0n) is 10.2. The maximum Gasteiger partial charge on any atom is -0.0414 e. The van der Waals surface area contributed by atoms with Crippen LogP contribution in [0.5, 0.6) is 0 Å². The van der Waals surface area contributed by atoms with Crippen molar-refractivity contribution in [2.24, 2.45) is 11.8 Å². The molecule has 84 valence electrons. The zero-order valence-corrected chi connectivity index (χ0v) is 10.2. The fourth-order valence-corrected chi connectivity index (χ4v) is 2.91. The maximum absolute atomic E-state index is 2.36. The van der Waals surface area contributed by atoms with Crippen LogP contribution in [-0.4, -0.2) is 0 Å². The van der Waals surface area contributed by atoms with E-state index < -0.39 is 0 Å². The highest BCUT2D eigenvalue weighted by atomic mass is 14.2. The molecule has 1 saturated carbocycles. The van der Waals surface area contributed by atoms with Gasteiger partial charge >= 0.3 is 0 Å². The molecule has 1 aliphatic carbocycles. The van der Waals surface area contributed by atoms with Gasteiger partial charge in [-0.3, -0.25) is 0 Å². The molecule has 0 aromatic heterocycles. The first-order valence-electron chi connectivity index (χ1n) is 6.86. The van der Waals surface area contributed by atoms with E-state index in [-0.39, 0.29) is 0 Å². The van der Waals surface area contributed by atoms with E-state index in [9.17, 15) is 0 Å². The van der Waals surface area contributed by atoms with Crippen LogP contribution in [-0.2, 0) is 0 Å². The molecule has 0 spiro atoms. The molecule has 0 radical (unpaired) electrons. The highest BCUT2D eigenvalue weighted by molar-refractivity contribution is 4.68. The summed E-state index contributed by atoms with van der Waals surface area (Å²) >= 11 is 0. The minimum atomic E-state index is 1.03. The molecule has 0 bridgehead atoms. The lowest BCUT2D eigenvalue weighted by Crippen LogP contribution is -2.08. The van der Waals surface area contributed by atoms with Crippen LogP contribution in [0.3, 0.4) is 0 Å². The van der Waals surface area contributed by atoms with Crippen molar-refractivity contribution in [1.82, 2.24) is 0 Å².